The predicted octanol–water partition coefficient (Wildman–Crippen LogP) is 2.26. The average Bonchev–Trinajstić information content (AvgIpc) is 2.97. The predicted molar refractivity (Wildman–Crippen MR) is 58.4 cm³/mol. The first kappa shape index (κ1) is 13.8. The van der Waals surface area contributed by atoms with Crippen LogP contribution in [0.3, 0.4) is 0 Å². The van der Waals surface area contributed by atoms with Gasteiger partial charge >= 0.3 is 6.18 Å². The van der Waals surface area contributed by atoms with Crippen LogP contribution in [0.1, 0.15) is 26.7 Å². The zero-order valence-corrected chi connectivity index (χ0v) is 9.98. The molecule has 1 saturated carbocycles. The van der Waals surface area contributed by atoms with Crippen molar-refractivity contribution in [2.24, 2.45) is 5.92 Å². The highest BCUT2D eigenvalue weighted by Crippen LogP contribution is 2.33. The normalized spacial score (nSPS) is 19.1. The third-order valence-electron chi connectivity index (χ3n) is 2.96. The van der Waals surface area contributed by atoms with Gasteiger partial charge in [-0.3, -0.25) is 4.90 Å². The summed E-state index contributed by atoms with van der Waals surface area (Å²) in [6.07, 6.45) is -1.78. The Morgan fingerprint density at radius 1 is 1.31 bits per heavy atom. The molecule has 1 aliphatic rings. The maximum absolute atomic E-state index is 12.3. The molecule has 0 saturated heterocycles. The van der Waals surface area contributed by atoms with Crippen molar-refractivity contribution in [2.45, 2.75) is 38.9 Å². The van der Waals surface area contributed by atoms with Gasteiger partial charge in [-0.2, -0.15) is 13.2 Å². The van der Waals surface area contributed by atoms with Gasteiger partial charge in [0.1, 0.15) is 0 Å². The maximum Gasteiger partial charge on any atom is 0.401 e. The number of alkyl halides is 3. The van der Waals surface area contributed by atoms with E-state index in [1.165, 1.54) is 4.90 Å². The maximum atomic E-state index is 12.3. The first-order valence-corrected chi connectivity index (χ1v) is 5.98. The van der Waals surface area contributed by atoms with Crippen LogP contribution in [0.25, 0.3) is 0 Å². The molecule has 0 radical (unpaired) electrons. The molecule has 0 amide bonds. The van der Waals surface area contributed by atoms with Crippen molar-refractivity contribution < 1.29 is 13.2 Å². The van der Waals surface area contributed by atoms with Crippen LogP contribution in [0.15, 0.2) is 0 Å². The molecule has 0 aromatic rings. The van der Waals surface area contributed by atoms with E-state index in [4.69, 9.17) is 0 Å². The number of likely N-dealkylation sites (N-methyl/N-ethyl adjacent to an activating group) is 2. The highest BCUT2D eigenvalue weighted by molar-refractivity contribution is 4.88. The Bertz CT molecular complexity index is 202. The lowest BCUT2D eigenvalue weighted by molar-refractivity contribution is -0.146. The fourth-order valence-electron chi connectivity index (χ4n) is 1.98. The van der Waals surface area contributed by atoms with Gasteiger partial charge in [0.2, 0.25) is 0 Å². The molecular formula is C11H21F3N2. The largest absolute Gasteiger partial charge is 0.401 e. The fraction of sp³-hybridized carbons (Fsp3) is 1.00. The number of halogens is 3. The van der Waals surface area contributed by atoms with E-state index < -0.39 is 12.7 Å². The Balaban J connectivity index is 2.40. The van der Waals surface area contributed by atoms with E-state index in [1.807, 2.05) is 6.92 Å². The van der Waals surface area contributed by atoms with Gasteiger partial charge in [0.05, 0.1) is 6.54 Å². The molecule has 0 aromatic carbocycles. The third kappa shape index (κ3) is 5.16. The number of hydrogen-bond donors (Lipinski definition) is 1. The second-order valence-corrected chi connectivity index (χ2v) is 4.44. The summed E-state index contributed by atoms with van der Waals surface area (Å²) in [4.78, 5) is 1.48. The molecule has 5 heteroatoms. The number of nitrogens with zero attached hydrogens (tertiary/aromatic N) is 1. The molecule has 1 rings (SSSR count). The first-order chi connectivity index (χ1) is 7.46. The van der Waals surface area contributed by atoms with Crippen LogP contribution >= 0.6 is 0 Å². The summed E-state index contributed by atoms with van der Waals surface area (Å²) < 4.78 is 36.9. The van der Waals surface area contributed by atoms with E-state index in [1.54, 1.807) is 6.92 Å². The summed E-state index contributed by atoms with van der Waals surface area (Å²) in [6.45, 7) is 4.77. The molecule has 0 aliphatic heterocycles. The molecule has 1 atom stereocenters. The molecule has 0 heterocycles. The molecule has 0 bridgehead atoms. The van der Waals surface area contributed by atoms with Gasteiger partial charge in [-0.15, -0.1) is 0 Å². The molecule has 0 spiro atoms. The van der Waals surface area contributed by atoms with E-state index in [0.29, 0.717) is 19.0 Å². The van der Waals surface area contributed by atoms with Crippen molar-refractivity contribution in [1.29, 1.82) is 0 Å². The zero-order chi connectivity index (χ0) is 12.2. The van der Waals surface area contributed by atoms with Crippen molar-refractivity contribution in [1.82, 2.24) is 10.2 Å². The summed E-state index contributed by atoms with van der Waals surface area (Å²) in [6, 6.07) is 0.229. The van der Waals surface area contributed by atoms with Gasteiger partial charge in [0, 0.05) is 12.6 Å². The number of nitrogens with one attached hydrogen (secondary N) is 1. The molecule has 1 unspecified atom stereocenters. The Morgan fingerprint density at radius 3 is 2.31 bits per heavy atom. The molecule has 1 fully saturated rings. The Morgan fingerprint density at radius 2 is 1.94 bits per heavy atom. The summed E-state index contributed by atoms with van der Waals surface area (Å²) in [5.74, 6) is 0.585. The second-order valence-electron chi connectivity index (χ2n) is 4.44. The molecule has 96 valence electrons. The van der Waals surface area contributed by atoms with Gasteiger partial charge in [-0.25, -0.2) is 0 Å². The van der Waals surface area contributed by atoms with Gasteiger partial charge < -0.3 is 5.32 Å². The van der Waals surface area contributed by atoms with E-state index in [9.17, 15) is 13.2 Å². The number of hydrogen-bond acceptors (Lipinski definition) is 2. The second kappa shape index (κ2) is 5.87. The SMILES string of the molecule is CCNC(CN(CC)CC(F)(F)F)C1CC1. The molecular weight excluding hydrogens is 217 g/mol. The van der Waals surface area contributed by atoms with Gasteiger partial charge in [0.25, 0.3) is 0 Å². The third-order valence-corrected chi connectivity index (χ3v) is 2.96. The van der Waals surface area contributed by atoms with Crippen molar-refractivity contribution in [3.8, 4) is 0 Å². The monoisotopic (exact) mass is 238 g/mol. The van der Waals surface area contributed by atoms with Crippen LogP contribution < -0.4 is 5.32 Å². The van der Waals surface area contributed by atoms with Crippen molar-refractivity contribution >= 4 is 0 Å². The quantitative estimate of drug-likeness (QED) is 0.732. The summed E-state index contributed by atoms with van der Waals surface area (Å²) in [7, 11) is 0. The van der Waals surface area contributed by atoms with E-state index >= 15 is 0 Å². The minimum absolute atomic E-state index is 0.229. The minimum Gasteiger partial charge on any atom is -0.313 e. The molecule has 2 nitrogen and oxygen atoms in total. The van der Waals surface area contributed by atoms with E-state index in [-0.39, 0.29) is 6.04 Å². The average molecular weight is 238 g/mol. The zero-order valence-electron chi connectivity index (χ0n) is 9.98. The molecule has 1 N–H and O–H groups in total. The van der Waals surface area contributed by atoms with E-state index in [0.717, 1.165) is 19.4 Å². The van der Waals surface area contributed by atoms with Gasteiger partial charge in [-0.05, 0) is 31.8 Å². The van der Waals surface area contributed by atoms with Crippen LogP contribution in [-0.4, -0.2) is 43.3 Å². The molecule has 0 aromatic heterocycles. The van der Waals surface area contributed by atoms with Gasteiger partial charge in [0.15, 0.2) is 0 Å². The highest BCUT2D eigenvalue weighted by atomic mass is 19.4. The standard InChI is InChI=1S/C11H21F3N2/c1-3-15-10(9-5-6-9)7-16(4-2)8-11(12,13)14/h9-10,15H,3-8H2,1-2H3. The van der Waals surface area contributed by atoms with Crippen LogP contribution in [0.5, 0.6) is 0 Å². The Kier molecular flexibility index (Phi) is 5.05. The Labute approximate surface area is 95.2 Å². The van der Waals surface area contributed by atoms with Crippen molar-refractivity contribution in [3.63, 3.8) is 0 Å². The first-order valence-electron chi connectivity index (χ1n) is 5.98. The van der Waals surface area contributed by atoms with Crippen LogP contribution in [0.2, 0.25) is 0 Å². The molecule has 16 heavy (non-hydrogen) atoms. The van der Waals surface area contributed by atoms with Crippen LogP contribution in [-0.2, 0) is 0 Å². The summed E-state index contributed by atoms with van der Waals surface area (Å²) in [5, 5.41) is 3.29. The Hall–Kier alpha value is -0.290. The minimum atomic E-state index is -4.09. The lowest BCUT2D eigenvalue weighted by atomic mass is 10.1. The summed E-state index contributed by atoms with van der Waals surface area (Å²) >= 11 is 0. The smallest absolute Gasteiger partial charge is 0.313 e. The van der Waals surface area contributed by atoms with Crippen molar-refractivity contribution in [3.05, 3.63) is 0 Å². The lowest BCUT2D eigenvalue weighted by Crippen LogP contribution is -2.45. The summed E-state index contributed by atoms with van der Waals surface area (Å²) in [5.41, 5.74) is 0. The highest BCUT2D eigenvalue weighted by Gasteiger charge is 2.35. The van der Waals surface area contributed by atoms with Crippen molar-refractivity contribution in [2.75, 3.05) is 26.2 Å². The van der Waals surface area contributed by atoms with Gasteiger partial charge in [-0.1, -0.05) is 13.8 Å². The topological polar surface area (TPSA) is 15.3 Å². The lowest BCUT2D eigenvalue weighted by Gasteiger charge is -2.27. The fourth-order valence-corrected chi connectivity index (χ4v) is 1.98. The van der Waals surface area contributed by atoms with E-state index in [2.05, 4.69) is 5.32 Å². The molecule has 1 aliphatic carbocycles. The van der Waals surface area contributed by atoms with Crippen LogP contribution in [0, 0.1) is 5.92 Å². The number of rotatable bonds is 7. The van der Waals surface area contributed by atoms with Crippen LogP contribution in [0.4, 0.5) is 13.2 Å².